The van der Waals surface area contributed by atoms with Crippen LogP contribution in [0.5, 0.6) is 0 Å². The van der Waals surface area contributed by atoms with Crippen molar-refractivity contribution in [2.45, 2.75) is 59.5 Å². The fourth-order valence-corrected chi connectivity index (χ4v) is 1.35. The highest BCUT2D eigenvalue weighted by Crippen LogP contribution is 2.08. The van der Waals surface area contributed by atoms with Crippen LogP contribution in [0, 0.1) is 0 Å². The molecule has 3 heteroatoms. The van der Waals surface area contributed by atoms with Crippen molar-refractivity contribution in [3.8, 4) is 0 Å². The van der Waals surface area contributed by atoms with Gasteiger partial charge in [-0.2, -0.15) is 0 Å². The molecule has 0 fully saturated rings. The third-order valence-corrected chi connectivity index (χ3v) is 2.35. The van der Waals surface area contributed by atoms with E-state index in [1.165, 1.54) is 0 Å². The van der Waals surface area contributed by atoms with E-state index in [9.17, 15) is 9.59 Å². The lowest BCUT2D eigenvalue weighted by atomic mass is 10.1. The topological polar surface area (TPSA) is 43.4 Å². The molecule has 0 aliphatic carbocycles. The Labute approximate surface area is 97.9 Å². The quantitative estimate of drug-likeness (QED) is 0.381. The molecular formula is C13H22O3. The first-order valence-corrected chi connectivity index (χ1v) is 5.89. The van der Waals surface area contributed by atoms with Crippen molar-refractivity contribution in [2.24, 2.45) is 0 Å². The molecule has 0 aromatic rings. The van der Waals surface area contributed by atoms with Crippen LogP contribution in [0.3, 0.4) is 0 Å². The van der Waals surface area contributed by atoms with Gasteiger partial charge in [0.05, 0.1) is 0 Å². The summed E-state index contributed by atoms with van der Waals surface area (Å²) in [5.74, 6) is -0.466. The van der Waals surface area contributed by atoms with Gasteiger partial charge < -0.3 is 4.74 Å². The van der Waals surface area contributed by atoms with Crippen LogP contribution in [0.1, 0.15) is 53.4 Å². The molecule has 1 atom stereocenters. The molecule has 0 amide bonds. The molecule has 0 saturated heterocycles. The summed E-state index contributed by atoms with van der Waals surface area (Å²) >= 11 is 0. The number of allylic oxidation sites excluding steroid dienone is 1. The molecule has 0 spiro atoms. The summed E-state index contributed by atoms with van der Waals surface area (Å²) in [5, 5.41) is 0. The molecule has 92 valence electrons. The van der Waals surface area contributed by atoms with Crippen LogP contribution in [-0.4, -0.2) is 17.9 Å². The number of Topliss-reactive ketones (excluding diaryl/α,β-unsaturated/α-hetero) is 1. The number of hydrogen-bond acceptors (Lipinski definition) is 3. The van der Waals surface area contributed by atoms with Crippen molar-refractivity contribution >= 4 is 11.8 Å². The van der Waals surface area contributed by atoms with Crippen molar-refractivity contribution in [1.29, 1.82) is 0 Å². The molecule has 1 unspecified atom stereocenters. The third-order valence-electron chi connectivity index (χ3n) is 2.35. The Kier molecular flexibility index (Phi) is 7.52. The standard InChI is InChI=1S/C13H22O3/c1-5-7-10(3)11(4)16-13(15)9-12(14)8-6-2/h7,11H,5-6,8-9H2,1-4H3/b10-7+. The summed E-state index contributed by atoms with van der Waals surface area (Å²) in [6.45, 7) is 7.70. The largest absolute Gasteiger partial charge is 0.458 e. The van der Waals surface area contributed by atoms with Crippen molar-refractivity contribution in [2.75, 3.05) is 0 Å². The Morgan fingerprint density at radius 1 is 1.31 bits per heavy atom. The van der Waals surface area contributed by atoms with Crippen molar-refractivity contribution < 1.29 is 14.3 Å². The average Bonchev–Trinajstić information content (AvgIpc) is 2.17. The Bertz CT molecular complexity index is 266. The predicted molar refractivity (Wildman–Crippen MR) is 64.1 cm³/mol. The second kappa shape index (κ2) is 8.08. The van der Waals surface area contributed by atoms with Gasteiger partial charge in [0, 0.05) is 6.42 Å². The second-order valence-corrected chi connectivity index (χ2v) is 3.95. The molecule has 0 radical (unpaired) electrons. The maximum absolute atomic E-state index is 11.4. The first-order chi connectivity index (χ1) is 7.51. The van der Waals surface area contributed by atoms with Crippen LogP contribution in [0.15, 0.2) is 11.6 Å². The van der Waals surface area contributed by atoms with Crippen molar-refractivity contribution in [3.05, 3.63) is 11.6 Å². The lowest BCUT2D eigenvalue weighted by molar-refractivity contribution is -0.148. The predicted octanol–water partition coefficient (Wildman–Crippen LogP) is 3.03. The molecule has 0 aliphatic heterocycles. The van der Waals surface area contributed by atoms with E-state index in [0.29, 0.717) is 6.42 Å². The molecule has 16 heavy (non-hydrogen) atoms. The summed E-state index contributed by atoms with van der Waals surface area (Å²) in [6, 6.07) is 0. The van der Waals surface area contributed by atoms with Gasteiger partial charge in [-0.3, -0.25) is 9.59 Å². The Balaban J connectivity index is 4.05. The smallest absolute Gasteiger partial charge is 0.313 e. The number of esters is 1. The van der Waals surface area contributed by atoms with Gasteiger partial charge in [0.25, 0.3) is 0 Å². The Morgan fingerprint density at radius 2 is 1.94 bits per heavy atom. The molecule has 0 heterocycles. The van der Waals surface area contributed by atoms with Crippen LogP contribution >= 0.6 is 0 Å². The Morgan fingerprint density at radius 3 is 2.44 bits per heavy atom. The highest BCUT2D eigenvalue weighted by molar-refractivity contribution is 5.95. The minimum Gasteiger partial charge on any atom is -0.458 e. The number of ether oxygens (including phenoxy) is 1. The van der Waals surface area contributed by atoms with Crippen LogP contribution < -0.4 is 0 Å². The van der Waals surface area contributed by atoms with Crippen molar-refractivity contribution in [1.82, 2.24) is 0 Å². The van der Waals surface area contributed by atoms with E-state index in [0.717, 1.165) is 18.4 Å². The molecule has 0 bridgehead atoms. The lowest BCUT2D eigenvalue weighted by Gasteiger charge is -2.13. The zero-order valence-electron chi connectivity index (χ0n) is 10.7. The second-order valence-electron chi connectivity index (χ2n) is 3.95. The molecule has 0 aromatic heterocycles. The Hall–Kier alpha value is -1.12. The van der Waals surface area contributed by atoms with Crippen LogP contribution in [0.4, 0.5) is 0 Å². The minimum atomic E-state index is -0.421. The lowest BCUT2D eigenvalue weighted by Crippen LogP contribution is -2.18. The fraction of sp³-hybridized carbons (Fsp3) is 0.692. The highest BCUT2D eigenvalue weighted by Gasteiger charge is 2.14. The van der Waals surface area contributed by atoms with E-state index >= 15 is 0 Å². The van der Waals surface area contributed by atoms with Gasteiger partial charge >= 0.3 is 5.97 Å². The molecular weight excluding hydrogens is 204 g/mol. The zero-order valence-corrected chi connectivity index (χ0v) is 10.7. The van der Waals surface area contributed by atoms with Gasteiger partial charge in [0.2, 0.25) is 0 Å². The number of carbonyl (C=O) groups excluding carboxylic acids is 2. The zero-order chi connectivity index (χ0) is 12.6. The normalized spacial score (nSPS) is 13.4. The molecule has 3 nitrogen and oxygen atoms in total. The maximum atomic E-state index is 11.4. The molecule has 0 aromatic carbocycles. The number of rotatable bonds is 7. The SMILES string of the molecule is CC/C=C(\C)C(C)OC(=O)CC(=O)CCC. The van der Waals surface area contributed by atoms with Gasteiger partial charge in [-0.25, -0.2) is 0 Å². The molecule has 0 rings (SSSR count). The van der Waals surface area contributed by atoms with Crippen molar-refractivity contribution in [3.63, 3.8) is 0 Å². The monoisotopic (exact) mass is 226 g/mol. The van der Waals surface area contributed by atoms with E-state index in [1.54, 1.807) is 0 Å². The van der Waals surface area contributed by atoms with E-state index in [2.05, 4.69) is 0 Å². The van der Waals surface area contributed by atoms with E-state index in [-0.39, 0.29) is 18.3 Å². The van der Waals surface area contributed by atoms with E-state index < -0.39 is 5.97 Å². The average molecular weight is 226 g/mol. The van der Waals surface area contributed by atoms with Gasteiger partial charge in [-0.15, -0.1) is 0 Å². The van der Waals surface area contributed by atoms with Gasteiger partial charge in [0.15, 0.2) is 0 Å². The number of ketones is 1. The molecule has 0 saturated carbocycles. The molecule has 0 N–H and O–H groups in total. The van der Waals surface area contributed by atoms with E-state index in [1.807, 2.05) is 33.8 Å². The first kappa shape index (κ1) is 14.9. The van der Waals surface area contributed by atoms with Crippen LogP contribution in [0.2, 0.25) is 0 Å². The van der Waals surface area contributed by atoms with Gasteiger partial charge in [-0.05, 0) is 32.3 Å². The highest BCUT2D eigenvalue weighted by atomic mass is 16.5. The fourth-order valence-electron chi connectivity index (χ4n) is 1.35. The van der Waals surface area contributed by atoms with Crippen LogP contribution in [-0.2, 0) is 14.3 Å². The summed E-state index contributed by atoms with van der Waals surface area (Å²) in [4.78, 5) is 22.6. The number of carbonyl (C=O) groups is 2. The first-order valence-electron chi connectivity index (χ1n) is 5.89. The minimum absolute atomic E-state index is 0.0446. The number of hydrogen-bond donors (Lipinski definition) is 0. The van der Waals surface area contributed by atoms with Gasteiger partial charge in [-0.1, -0.05) is 19.9 Å². The summed E-state index contributed by atoms with van der Waals surface area (Å²) in [5.41, 5.74) is 1.03. The van der Waals surface area contributed by atoms with E-state index in [4.69, 9.17) is 4.74 Å². The maximum Gasteiger partial charge on any atom is 0.313 e. The third kappa shape index (κ3) is 6.38. The van der Waals surface area contributed by atoms with Gasteiger partial charge in [0.1, 0.15) is 18.3 Å². The summed E-state index contributed by atoms with van der Waals surface area (Å²) in [6.07, 6.45) is 3.83. The van der Waals surface area contributed by atoms with Crippen LogP contribution in [0.25, 0.3) is 0 Å². The summed E-state index contributed by atoms with van der Waals surface area (Å²) < 4.78 is 5.15. The molecule has 0 aliphatic rings. The summed E-state index contributed by atoms with van der Waals surface area (Å²) in [7, 11) is 0.